The van der Waals surface area contributed by atoms with E-state index in [1.807, 2.05) is 19.1 Å². The van der Waals surface area contributed by atoms with Crippen LogP contribution in [-0.2, 0) is 0 Å². The van der Waals surface area contributed by atoms with E-state index in [1.165, 1.54) is 0 Å². The largest absolute Gasteiger partial charge is 0.493 e. The van der Waals surface area contributed by atoms with Crippen LogP contribution >= 0.6 is 0 Å². The molecule has 0 aliphatic heterocycles. The van der Waals surface area contributed by atoms with E-state index in [0.717, 1.165) is 5.56 Å². The fourth-order valence-corrected chi connectivity index (χ4v) is 1.77. The fraction of sp³-hybridized carbons (Fsp3) is 0.538. The van der Waals surface area contributed by atoms with Crippen LogP contribution in [0.3, 0.4) is 0 Å². The van der Waals surface area contributed by atoms with Gasteiger partial charge in [-0.05, 0) is 30.2 Å². The predicted molar refractivity (Wildman–Crippen MR) is 71.2 cm³/mol. The Morgan fingerprint density at radius 2 is 1.56 bits per heavy atom. The first-order chi connectivity index (χ1) is 8.58. The summed E-state index contributed by atoms with van der Waals surface area (Å²) in [5.41, 5.74) is 12.7. The molecule has 1 aromatic carbocycles. The SMILES string of the molecule is COc1cc(C(N)C(C)CN)cc(OC)c1OC. The highest BCUT2D eigenvalue weighted by molar-refractivity contribution is 5.54. The Balaban J connectivity index is 3.22. The van der Waals surface area contributed by atoms with Gasteiger partial charge in [0.25, 0.3) is 0 Å². The molecule has 4 N–H and O–H groups in total. The van der Waals surface area contributed by atoms with Crippen molar-refractivity contribution in [3.63, 3.8) is 0 Å². The van der Waals surface area contributed by atoms with Gasteiger partial charge >= 0.3 is 0 Å². The average molecular weight is 254 g/mol. The molecule has 2 atom stereocenters. The van der Waals surface area contributed by atoms with Crippen molar-refractivity contribution in [3.8, 4) is 17.2 Å². The van der Waals surface area contributed by atoms with Crippen LogP contribution in [0.5, 0.6) is 17.2 Å². The van der Waals surface area contributed by atoms with Crippen LogP contribution in [-0.4, -0.2) is 27.9 Å². The molecule has 0 saturated heterocycles. The highest BCUT2D eigenvalue weighted by Crippen LogP contribution is 2.40. The van der Waals surface area contributed by atoms with E-state index < -0.39 is 0 Å². The fourth-order valence-electron chi connectivity index (χ4n) is 1.77. The lowest BCUT2D eigenvalue weighted by atomic mass is 9.95. The van der Waals surface area contributed by atoms with Gasteiger partial charge in [-0.15, -0.1) is 0 Å². The first-order valence-electron chi connectivity index (χ1n) is 5.84. The molecule has 0 spiro atoms. The van der Waals surface area contributed by atoms with Gasteiger partial charge in [0.2, 0.25) is 5.75 Å². The summed E-state index contributed by atoms with van der Waals surface area (Å²) in [6.45, 7) is 2.53. The molecule has 2 unspecified atom stereocenters. The molecule has 5 nitrogen and oxygen atoms in total. The molecule has 0 aliphatic carbocycles. The lowest BCUT2D eigenvalue weighted by Crippen LogP contribution is -2.25. The Labute approximate surface area is 108 Å². The van der Waals surface area contributed by atoms with Crippen LogP contribution < -0.4 is 25.7 Å². The maximum Gasteiger partial charge on any atom is 0.203 e. The van der Waals surface area contributed by atoms with Gasteiger partial charge in [0.15, 0.2) is 11.5 Å². The monoisotopic (exact) mass is 254 g/mol. The number of rotatable bonds is 6. The number of benzene rings is 1. The summed E-state index contributed by atoms with van der Waals surface area (Å²) in [5.74, 6) is 1.95. The van der Waals surface area contributed by atoms with Crippen molar-refractivity contribution in [2.75, 3.05) is 27.9 Å². The summed E-state index contributed by atoms with van der Waals surface area (Å²) in [6.07, 6.45) is 0. The topological polar surface area (TPSA) is 79.7 Å². The van der Waals surface area contributed by atoms with E-state index in [4.69, 9.17) is 25.7 Å². The number of methoxy groups -OCH3 is 3. The lowest BCUT2D eigenvalue weighted by molar-refractivity contribution is 0.322. The van der Waals surface area contributed by atoms with Crippen molar-refractivity contribution in [2.24, 2.45) is 17.4 Å². The lowest BCUT2D eigenvalue weighted by Gasteiger charge is -2.21. The predicted octanol–water partition coefficient (Wildman–Crippen LogP) is 1.31. The van der Waals surface area contributed by atoms with Crippen molar-refractivity contribution >= 4 is 0 Å². The second-order valence-corrected chi connectivity index (χ2v) is 4.20. The van der Waals surface area contributed by atoms with Crippen LogP contribution in [0.1, 0.15) is 18.5 Å². The van der Waals surface area contributed by atoms with Crippen LogP contribution in [0.2, 0.25) is 0 Å². The van der Waals surface area contributed by atoms with Gasteiger partial charge in [-0.2, -0.15) is 0 Å². The van der Waals surface area contributed by atoms with Gasteiger partial charge in [0.1, 0.15) is 0 Å². The van der Waals surface area contributed by atoms with Crippen molar-refractivity contribution in [1.29, 1.82) is 0 Å². The minimum absolute atomic E-state index is 0.163. The Kier molecular flexibility index (Phi) is 5.25. The molecule has 0 heterocycles. The summed E-state index contributed by atoms with van der Waals surface area (Å²) < 4.78 is 15.8. The molecule has 0 bridgehead atoms. The van der Waals surface area contributed by atoms with Gasteiger partial charge in [-0.25, -0.2) is 0 Å². The highest BCUT2D eigenvalue weighted by atomic mass is 16.5. The zero-order chi connectivity index (χ0) is 13.7. The maximum absolute atomic E-state index is 6.16. The van der Waals surface area contributed by atoms with E-state index >= 15 is 0 Å². The molecular weight excluding hydrogens is 232 g/mol. The molecule has 0 radical (unpaired) electrons. The molecule has 0 amide bonds. The quantitative estimate of drug-likeness (QED) is 0.800. The average Bonchev–Trinajstić information content (AvgIpc) is 2.43. The third kappa shape index (κ3) is 2.86. The number of nitrogens with two attached hydrogens (primary N) is 2. The summed E-state index contributed by atoms with van der Waals surface area (Å²) in [6, 6.07) is 3.56. The van der Waals surface area contributed by atoms with Gasteiger partial charge < -0.3 is 25.7 Å². The van der Waals surface area contributed by atoms with Crippen molar-refractivity contribution < 1.29 is 14.2 Å². The normalized spacial score (nSPS) is 13.9. The van der Waals surface area contributed by atoms with Crippen molar-refractivity contribution in [3.05, 3.63) is 17.7 Å². The van der Waals surface area contributed by atoms with Crippen molar-refractivity contribution in [1.82, 2.24) is 0 Å². The van der Waals surface area contributed by atoms with Crippen LogP contribution in [0.15, 0.2) is 12.1 Å². The number of hydrogen-bond acceptors (Lipinski definition) is 5. The zero-order valence-corrected chi connectivity index (χ0v) is 11.4. The first kappa shape index (κ1) is 14.6. The third-order valence-corrected chi connectivity index (χ3v) is 3.06. The number of hydrogen-bond donors (Lipinski definition) is 2. The summed E-state index contributed by atoms with van der Waals surface area (Å²) in [5, 5.41) is 0. The Bertz CT molecular complexity index is 371. The maximum atomic E-state index is 6.16. The molecule has 0 aromatic heterocycles. The van der Waals surface area contributed by atoms with E-state index in [1.54, 1.807) is 21.3 Å². The Morgan fingerprint density at radius 3 is 1.89 bits per heavy atom. The standard InChI is InChI=1S/C13H22N2O3/c1-8(7-14)12(15)9-5-10(16-2)13(18-4)11(6-9)17-3/h5-6,8,12H,7,14-15H2,1-4H3. The van der Waals surface area contributed by atoms with E-state index in [0.29, 0.717) is 23.8 Å². The first-order valence-corrected chi connectivity index (χ1v) is 5.84. The molecule has 5 heteroatoms. The van der Waals surface area contributed by atoms with E-state index in [9.17, 15) is 0 Å². The zero-order valence-electron chi connectivity index (χ0n) is 11.4. The summed E-state index contributed by atoms with van der Waals surface area (Å²) >= 11 is 0. The molecular formula is C13H22N2O3. The van der Waals surface area contributed by atoms with Gasteiger partial charge in [-0.1, -0.05) is 6.92 Å². The second-order valence-electron chi connectivity index (χ2n) is 4.20. The van der Waals surface area contributed by atoms with Gasteiger partial charge in [-0.3, -0.25) is 0 Å². The molecule has 1 aromatic rings. The van der Waals surface area contributed by atoms with Gasteiger partial charge in [0.05, 0.1) is 21.3 Å². The smallest absolute Gasteiger partial charge is 0.203 e. The summed E-state index contributed by atoms with van der Waals surface area (Å²) in [4.78, 5) is 0. The molecule has 102 valence electrons. The Morgan fingerprint density at radius 1 is 1.06 bits per heavy atom. The van der Waals surface area contributed by atoms with Crippen molar-refractivity contribution in [2.45, 2.75) is 13.0 Å². The Hall–Kier alpha value is -1.46. The van der Waals surface area contributed by atoms with Crippen LogP contribution in [0.25, 0.3) is 0 Å². The van der Waals surface area contributed by atoms with Gasteiger partial charge in [0, 0.05) is 6.04 Å². The minimum Gasteiger partial charge on any atom is -0.493 e. The second kappa shape index (κ2) is 6.47. The van der Waals surface area contributed by atoms with Crippen LogP contribution in [0.4, 0.5) is 0 Å². The third-order valence-electron chi connectivity index (χ3n) is 3.06. The molecule has 1 rings (SSSR count). The minimum atomic E-state index is -0.163. The molecule has 0 fully saturated rings. The van der Waals surface area contributed by atoms with E-state index in [2.05, 4.69) is 0 Å². The van der Waals surface area contributed by atoms with Crippen LogP contribution in [0, 0.1) is 5.92 Å². The number of ether oxygens (including phenoxy) is 3. The highest BCUT2D eigenvalue weighted by Gasteiger charge is 2.19. The molecule has 18 heavy (non-hydrogen) atoms. The van der Waals surface area contributed by atoms with E-state index in [-0.39, 0.29) is 12.0 Å². The molecule has 0 aliphatic rings. The summed E-state index contributed by atoms with van der Waals surface area (Å²) in [7, 11) is 4.74. The molecule has 0 saturated carbocycles.